The highest BCUT2D eigenvalue weighted by atomic mass is 35.5. The Labute approximate surface area is 107 Å². The molecule has 0 fully saturated rings. The molecule has 6 heteroatoms. The van der Waals surface area contributed by atoms with Crippen LogP contribution < -0.4 is 10.1 Å². The number of sulfone groups is 1. The van der Waals surface area contributed by atoms with E-state index in [2.05, 4.69) is 5.32 Å². The van der Waals surface area contributed by atoms with Gasteiger partial charge in [-0.2, -0.15) is 0 Å². The molecule has 0 saturated heterocycles. The molecule has 1 N–H and O–H groups in total. The first kappa shape index (κ1) is 14.3. The summed E-state index contributed by atoms with van der Waals surface area (Å²) >= 11 is 6.01. The normalized spacial score (nSPS) is 11.5. The Morgan fingerprint density at radius 3 is 2.65 bits per heavy atom. The third-order valence-corrected chi connectivity index (χ3v) is 3.29. The fourth-order valence-corrected chi connectivity index (χ4v) is 1.92. The lowest BCUT2D eigenvalue weighted by molar-refractivity contribution is 0.341. The first-order valence-electron chi connectivity index (χ1n) is 5.16. The van der Waals surface area contributed by atoms with Crippen molar-refractivity contribution in [2.24, 2.45) is 0 Å². The number of rotatable bonds is 6. The molecule has 0 atom stereocenters. The summed E-state index contributed by atoms with van der Waals surface area (Å²) in [6, 6.07) is 5.43. The van der Waals surface area contributed by atoms with E-state index in [0.29, 0.717) is 10.8 Å². The third kappa shape index (κ3) is 5.39. The van der Waals surface area contributed by atoms with Gasteiger partial charge in [-0.25, -0.2) is 8.42 Å². The Kier molecular flexibility index (Phi) is 5.24. The molecule has 96 valence electrons. The van der Waals surface area contributed by atoms with Crippen LogP contribution in [0.3, 0.4) is 0 Å². The van der Waals surface area contributed by atoms with Crippen LogP contribution in [0, 0.1) is 0 Å². The molecular weight excluding hydrogens is 262 g/mol. The van der Waals surface area contributed by atoms with E-state index in [9.17, 15) is 8.42 Å². The van der Waals surface area contributed by atoms with Crippen LogP contribution in [0.25, 0.3) is 0 Å². The number of nitrogens with one attached hydrogen (secondary N) is 1. The van der Waals surface area contributed by atoms with Crippen LogP contribution in [-0.4, -0.2) is 34.1 Å². The van der Waals surface area contributed by atoms with Gasteiger partial charge in [0.1, 0.15) is 12.4 Å². The summed E-state index contributed by atoms with van der Waals surface area (Å²) in [5.41, 5.74) is 1.05. The van der Waals surface area contributed by atoms with E-state index >= 15 is 0 Å². The molecular formula is C11H16ClNO3S. The number of hydrogen-bond acceptors (Lipinski definition) is 4. The van der Waals surface area contributed by atoms with Gasteiger partial charge in [0, 0.05) is 12.8 Å². The second-order valence-electron chi connectivity index (χ2n) is 3.77. The van der Waals surface area contributed by atoms with Crippen molar-refractivity contribution in [3.8, 4) is 5.75 Å². The second kappa shape index (κ2) is 6.23. The highest BCUT2D eigenvalue weighted by molar-refractivity contribution is 7.90. The lowest BCUT2D eigenvalue weighted by Crippen LogP contribution is -2.12. The van der Waals surface area contributed by atoms with Gasteiger partial charge in [0.05, 0.1) is 10.8 Å². The minimum absolute atomic E-state index is 0.0123. The quantitative estimate of drug-likeness (QED) is 0.856. The van der Waals surface area contributed by atoms with Crippen LogP contribution >= 0.6 is 11.6 Å². The summed E-state index contributed by atoms with van der Waals surface area (Å²) in [6.07, 6.45) is 1.17. The average molecular weight is 278 g/mol. The van der Waals surface area contributed by atoms with Crippen molar-refractivity contribution < 1.29 is 13.2 Å². The fraction of sp³-hybridized carbons (Fsp3) is 0.455. The molecule has 0 aromatic heterocycles. The van der Waals surface area contributed by atoms with E-state index in [4.69, 9.17) is 16.3 Å². The first-order valence-corrected chi connectivity index (χ1v) is 7.60. The summed E-state index contributed by atoms with van der Waals surface area (Å²) in [5, 5.41) is 3.51. The van der Waals surface area contributed by atoms with Crippen molar-refractivity contribution in [1.29, 1.82) is 0 Å². The SMILES string of the molecule is CNCc1ccc(OCCS(C)(=O)=O)c(Cl)c1. The van der Waals surface area contributed by atoms with Crippen LogP contribution in [-0.2, 0) is 16.4 Å². The fourth-order valence-electron chi connectivity index (χ4n) is 1.28. The van der Waals surface area contributed by atoms with E-state index in [0.717, 1.165) is 12.1 Å². The summed E-state index contributed by atoms with van der Waals surface area (Å²) in [7, 11) is -1.15. The Balaban J connectivity index is 2.60. The van der Waals surface area contributed by atoms with Crippen molar-refractivity contribution in [3.63, 3.8) is 0 Å². The van der Waals surface area contributed by atoms with Crippen LogP contribution in [0.2, 0.25) is 5.02 Å². The summed E-state index contributed by atoms with van der Waals surface area (Å²) in [6.45, 7) is 0.841. The van der Waals surface area contributed by atoms with Crippen LogP contribution in [0.4, 0.5) is 0 Å². The molecule has 0 spiro atoms. The van der Waals surface area contributed by atoms with E-state index in [1.54, 1.807) is 12.1 Å². The molecule has 0 heterocycles. The van der Waals surface area contributed by atoms with Gasteiger partial charge in [-0.1, -0.05) is 17.7 Å². The zero-order valence-electron chi connectivity index (χ0n) is 9.86. The minimum atomic E-state index is -3.00. The molecule has 0 aliphatic rings. The lowest BCUT2D eigenvalue weighted by Gasteiger charge is -2.09. The molecule has 0 aliphatic carbocycles. The highest BCUT2D eigenvalue weighted by Crippen LogP contribution is 2.25. The molecule has 1 aromatic carbocycles. The van der Waals surface area contributed by atoms with Gasteiger partial charge in [0.25, 0.3) is 0 Å². The van der Waals surface area contributed by atoms with Gasteiger partial charge in [0.2, 0.25) is 0 Å². The molecule has 0 aliphatic heterocycles. The van der Waals surface area contributed by atoms with Gasteiger partial charge in [-0.15, -0.1) is 0 Å². The Morgan fingerprint density at radius 1 is 1.41 bits per heavy atom. The molecule has 0 bridgehead atoms. The monoisotopic (exact) mass is 277 g/mol. The van der Waals surface area contributed by atoms with E-state index in [-0.39, 0.29) is 12.4 Å². The topological polar surface area (TPSA) is 55.4 Å². The van der Waals surface area contributed by atoms with Crippen molar-refractivity contribution in [1.82, 2.24) is 5.32 Å². The maximum Gasteiger partial charge on any atom is 0.150 e. The van der Waals surface area contributed by atoms with Gasteiger partial charge in [-0.3, -0.25) is 0 Å². The Bertz CT molecular complexity index is 474. The van der Waals surface area contributed by atoms with Gasteiger partial charge >= 0.3 is 0 Å². The summed E-state index contributed by atoms with van der Waals surface area (Å²) in [5.74, 6) is 0.497. The molecule has 0 unspecified atom stereocenters. The Hall–Kier alpha value is -0.780. The van der Waals surface area contributed by atoms with Crippen LogP contribution in [0.15, 0.2) is 18.2 Å². The highest BCUT2D eigenvalue weighted by Gasteiger charge is 2.06. The first-order chi connectivity index (χ1) is 7.92. The van der Waals surface area contributed by atoms with Crippen molar-refractivity contribution >= 4 is 21.4 Å². The number of hydrogen-bond donors (Lipinski definition) is 1. The maximum atomic E-state index is 10.9. The van der Waals surface area contributed by atoms with E-state index in [1.165, 1.54) is 6.26 Å². The minimum Gasteiger partial charge on any atom is -0.491 e. The van der Waals surface area contributed by atoms with Gasteiger partial charge in [0.15, 0.2) is 9.84 Å². The molecule has 0 radical (unpaired) electrons. The third-order valence-electron chi connectivity index (χ3n) is 2.09. The van der Waals surface area contributed by atoms with Gasteiger partial charge in [-0.05, 0) is 24.7 Å². The largest absolute Gasteiger partial charge is 0.491 e. The van der Waals surface area contributed by atoms with Crippen LogP contribution in [0.5, 0.6) is 5.75 Å². The van der Waals surface area contributed by atoms with E-state index in [1.807, 2.05) is 13.1 Å². The van der Waals surface area contributed by atoms with Crippen molar-refractivity contribution in [3.05, 3.63) is 28.8 Å². The second-order valence-corrected chi connectivity index (χ2v) is 6.44. The number of ether oxygens (including phenoxy) is 1. The lowest BCUT2D eigenvalue weighted by atomic mass is 10.2. The maximum absolute atomic E-state index is 10.9. The van der Waals surface area contributed by atoms with Crippen molar-refractivity contribution in [2.45, 2.75) is 6.54 Å². The van der Waals surface area contributed by atoms with Crippen molar-refractivity contribution in [2.75, 3.05) is 25.7 Å². The molecule has 1 aromatic rings. The molecule has 17 heavy (non-hydrogen) atoms. The average Bonchev–Trinajstić information content (AvgIpc) is 2.20. The zero-order chi connectivity index (χ0) is 12.9. The molecule has 0 amide bonds. The molecule has 0 saturated carbocycles. The summed E-state index contributed by atoms with van der Waals surface area (Å²) in [4.78, 5) is 0. The predicted octanol–water partition coefficient (Wildman–Crippen LogP) is 1.48. The predicted molar refractivity (Wildman–Crippen MR) is 69.4 cm³/mol. The van der Waals surface area contributed by atoms with E-state index < -0.39 is 9.84 Å². The number of halogens is 1. The standard InChI is InChI=1S/C11H16ClNO3S/c1-13-8-9-3-4-11(10(12)7-9)16-5-6-17(2,14)15/h3-4,7,13H,5-6,8H2,1-2H3. The van der Waals surface area contributed by atoms with Gasteiger partial charge < -0.3 is 10.1 Å². The zero-order valence-corrected chi connectivity index (χ0v) is 11.4. The molecule has 1 rings (SSSR count). The summed E-state index contributed by atoms with van der Waals surface area (Å²) < 4.78 is 27.2. The van der Waals surface area contributed by atoms with Crippen LogP contribution in [0.1, 0.15) is 5.56 Å². The Morgan fingerprint density at radius 2 is 2.12 bits per heavy atom. The smallest absolute Gasteiger partial charge is 0.150 e. The molecule has 4 nitrogen and oxygen atoms in total. The number of benzene rings is 1.